The minimum absolute atomic E-state index is 0.0536. The van der Waals surface area contributed by atoms with Crippen molar-refractivity contribution in [2.75, 3.05) is 0 Å². The smallest absolute Gasteiger partial charge is 0.334 e. The highest BCUT2D eigenvalue weighted by molar-refractivity contribution is 5.91. The van der Waals surface area contributed by atoms with Gasteiger partial charge in [0.05, 0.1) is 0 Å². The van der Waals surface area contributed by atoms with Gasteiger partial charge in [0, 0.05) is 23.5 Å². The van der Waals surface area contributed by atoms with Gasteiger partial charge >= 0.3 is 11.9 Å². The monoisotopic (exact) mass is 328 g/mol. The van der Waals surface area contributed by atoms with Crippen molar-refractivity contribution < 1.29 is 19.1 Å². The maximum atomic E-state index is 12.1. The molecule has 24 heavy (non-hydrogen) atoms. The third-order valence-corrected chi connectivity index (χ3v) is 5.41. The van der Waals surface area contributed by atoms with Crippen LogP contribution in [0.1, 0.15) is 33.1 Å². The summed E-state index contributed by atoms with van der Waals surface area (Å²) in [5, 5.41) is 0. The number of rotatable bonds is 2. The van der Waals surface area contributed by atoms with Crippen LogP contribution in [0.4, 0.5) is 0 Å². The van der Waals surface area contributed by atoms with E-state index >= 15 is 0 Å². The fraction of sp³-hybridized carbons (Fsp3) is 0.500. The molecule has 0 unspecified atom stereocenters. The quantitative estimate of drug-likeness (QED) is 0.442. The Bertz CT molecular complexity index is 665. The summed E-state index contributed by atoms with van der Waals surface area (Å²) in [6.45, 7) is 16.0. The molecule has 0 spiro atoms. The summed E-state index contributed by atoms with van der Waals surface area (Å²) >= 11 is 0. The van der Waals surface area contributed by atoms with E-state index in [2.05, 4.69) is 19.7 Å². The number of hydrogen-bond acceptors (Lipinski definition) is 4. The van der Waals surface area contributed by atoms with Crippen LogP contribution in [0.3, 0.4) is 0 Å². The normalized spacial score (nSPS) is 35.0. The summed E-state index contributed by atoms with van der Waals surface area (Å²) in [5.74, 6) is -0.675. The highest BCUT2D eigenvalue weighted by Crippen LogP contribution is 2.52. The molecule has 0 aromatic heterocycles. The van der Waals surface area contributed by atoms with Crippen molar-refractivity contribution in [2.24, 2.45) is 17.8 Å². The highest BCUT2D eigenvalue weighted by Gasteiger charge is 2.53. The molecule has 1 saturated heterocycles. The predicted molar refractivity (Wildman–Crippen MR) is 90.9 cm³/mol. The molecule has 1 heterocycles. The zero-order chi connectivity index (χ0) is 17.6. The first-order chi connectivity index (χ1) is 11.3. The second kappa shape index (κ2) is 6.08. The van der Waals surface area contributed by atoms with Crippen molar-refractivity contribution in [2.45, 2.75) is 45.3 Å². The Morgan fingerprint density at radius 3 is 2.62 bits per heavy atom. The van der Waals surface area contributed by atoms with E-state index in [9.17, 15) is 9.59 Å². The standard InChI is InChI=1S/C20H24O4/c1-10(2)8-17(21)23-16-9-15-13(5)20(22)24-19(15)18-11(3)6-7-14(18)12(16)4/h8,14-16,18-19H,3-7,9H2,1-2H3/t14-,15-,16-,18-,19-/m0/s1. The second-order valence-corrected chi connectivity index (χ2v) is 7.29. The number of hydrogen-bond donors (Lipinski definition) is 0. The van der Waals surface area contributed by atoms with Crippen LogP contribution in [0.2, 0.25) is 0 Å². The van der Waals surface area contributed by atoms with E-state index in [0.29, 0.717) is 12.0 Å². The molecule has 0 aromatic carbocycles. The number of ether oxygens (including phenoxy) is 2. The highest BCUT2D eigenvalue weighted by atomic mass is 16.6. The molecule has 5 atom stereocenters. The van der Waals surface area contributed by atoms with Gasteiger partial charge in [-0.1, -0.05) is 30.9 Å². The molecular weight excluding hydrogens is 304 g/mol. The third kappa shape index (κ3) is 2.74. The van der Waals surface area contributed by atoms with E-state index < -0.39 is 6.10 Å². The molecule has 4 heteroatoms. The Morgan fingerprint density at radius 1 is 1.25 bits per heavy atom. The van der Waals surface area contributed by atoms with Crippen molar-refractivity contribution in [3.63, 3.8) is 0 Å². The first-order valence-corrected chi connectivity index (χ1v) is 8.41. The van der Waals surface area contributed by atoms with Crippen LogP contribution in [-0.2, 0) is 19.1 Å². The van der Waals surface area contributed by atoms with Crippen molar-refractivity contribution in [3.05, 3.63) is 48.1 Å². The van der Waals surface area contributed by atoms with Gasteiger partial charge in [-0.2, -0.15) is 0 Å². The lowest BCUT2D eigenvalue weighted by Crippen LogP contribution is -2.28. The topological polar surface area (TPSA) is 52.6 Å². The molecule has 3 rings (SSSR count). The lowest BCUT2D eigenvalue weighted by molar-refractivity contribution is -0.143. The van der Waals surface area contributed by atoms with Gasteiger partial charge in [-0.3, -0.25) is 0 Å². The van der Waals surface area contributed by atoms with Crippen molar-refractivity contribution in [1.29, 1.82) is 0 Å². The van der Waals surface area contributed by atoms with E-state index in [1.807, 2.05) is 13.8 Å². The van der Waals surface area contributed by atoms with Crippen LogP contribution in [0.15, 0.2) is 48.1 Å². The van der Waals surface area contributed by atoms with E-state index in [4.69, 9.17) is 9.47 Å². The maximum absolute atomic E-state index is 12.1. The Hall–Kier alpha value is -2.10. The van der Waals surface area contributed by atoms with Gasteiger partial charge in [0.15, 0.2) is 0 Å². The van der Waals surface area contributed by atoms with Gasteiger partial charge in [-0.05, 0) is 44.6 Å². The zero-order valence-corrected chi connectivity index (χ0v) is 14.3. The zero-order valence-electron chi connectivity index (χ0n) is 14.3. The van der Waals surface area contributed by atoms with Gasteiger partial charge in [0.2, 0.25) is 0 Å². The number of esters is 2. The van der Waals surface area contributed by atoms with E-state index in [1.165, 1.54) is 6.08 Å². The fourth-order valence-corrected chi connectivity index (χ4v) is 4.23. The SMILES string of the molecule is C=C1CC[C@H]2C(=C)[C@@H](OC(=O)C=C(C)C)C[C@H]3C(=C)C(=O)O[C@@H]3[C@@H]12. The molecule has 0 amide bonds. The van der Waals surface area contributed by atoms with E-state index in [1.54, 1.807) is 0 Å². The van der Waals surface area contributed by atoms with Crippen LogP contribution in [-0.4, -0.2) is 24.1 Å². The molecule has 2 aliphatic carbocycles. The van der Waals surface area contributed by atoms with Gasteiger partial charge in [-0.15, -0.1) is 0 Å². The summed E-state index contributed by atoms with van der Waals surface area (Å²) in [5.41, 5.74) is 3.35. The Balaban J connectivity index is 1.92. The van der Waals surface area contributed by atoms with Crippen LogP contribution in [0.25, 0.3) is 0 Å². The van der Waals surface area contributed by atoms with Crippen LogP contribution in [0.5, 0.6) is 0 Å². The molecule has 0 radical (unpaired) electrons. The van der Waals surface area contributed by atoms with E-state index in [0.717, 1.165) is 29.6 Å². The average Bonchev–Trinajstić information content (AvgIpc) is 2.96. The first-order valence-electron chi connectivity index (χ1n) is 8.41. The Morgan fingerprint density at radius 2 is 1.96 bits per heavy atom. The van der Waals surface area contributed by atoms with Crippen molar-refractivity contribution >= 4 is 11.9 Å². The van der Waals surface area contributed by atoms with Crippen molar-refractivity contribution in [3.8, 4) is 0 Å². The first kappa shape index (κ1) is 16.7. The van der Waals surface area contributed by atoms with Crippen LogP contribution >= 0.6 is 0 Å². The number of allylic oxidation sites excluding steroid dienone is 1. The maximum Gasteiger partial charge on any atom is 0.334 e. The molecular formula is C20H24O4. The van der Waals surface area contributed by atoms with Gasteiger partial charge in [0.1, 0.15) is 12.2 Å². The molecule has 128 valence electrons. The predicted octanol–water partition coefficient (Wildman–Crippen LogP) is 3.50. The molecule has 2 saturated carbocycles. The van der Waals surface area contributed by atoms with E-state index in [-0.39, 0.29) is 35.8 Å². The lowest BCUT2D eigenvalue weighted by Gasteiger charge is -2.26. The van der Waals surface area contributed by atoms with Crippen LogP contribution in [0, 0.1) is 17.8 Å². The molecule has 0 N–H and O–H groups in total. The Kier molecular flexibility index (Phi) is 4.24. The summed E-state index contributed by atoms with van der Waals surface area (Å²) in [6.07, 6.45) is 3.09. The third-order valence-electron chi connectivity index (χ3n) is 5.41. The summed E-state index contributed by atoms with van der Waals surface area (Å²) in [6, 6.07) is 0. The van der Waals surface area contributed by atoms with Crippen LogP contribution < -0.4 is 0 Å². The van der Waals surface area contributed by atoms with Gasteiger partial charge in [0.25, 0.3) is 0 Å². The molecule has 4 nitrogen and oxygen atoms in total. The number of carbonyl (C=O) groups excluding carboxylic acids is 2. The summed E-state index contributed by atoms with van der Waals surface area (Å²) < 4.78 is 11.3. The minimum atomic E-state index is -0.423. The van der Waals surface area contributed by atoms with Gasteiger partial charge in [-0.25, -0.2) is 9.59 Å². The Labute approximate surface area is 142 Å². The lowest BCUT2D eigenvalue weighted by atomic mass is 9.82. The molecule has 0 bridgehead atoms. The molecule has 3 fully saturated rings. The summed E-state index contributed by atoms with van der Waals surface area (Å²) in [7, 11) is 0. The molecule has 0 aromatic rings. The number of carbonyl (C=O) groups is 2. The van der Waals surface area contributed by atoms with Crippen molar-refractivity contribution in [1.82, 2.24) is 0 Å². The largest absolute Gasteiger partial charge is 0.458 e. The van der Waals surface area contributed by atoms with Gasteiger partial charge < -0.3 is 9.47 Å². The summed E-state index contributed by atoms with van der Waals surface area (Å²) in [4.78, 5) is 24.1. The average molecular weight is 328 g/mol. The molecule has 3 aliphatic rings. The number of fused-ring (bicyclic) bond motifs is 3. The minimum Gasteiger partial charge on any atom is -0.458 e. The molecule has 1 aliphatic heterocycles. The fourth-order valence-electron chi connectivity index (χ4n) is 4.23. The second-order valence-electron chi connectivity index (χ2n) is 7.29.